The van der Waals surface area contributed by atoms with Crippen molar-refractivity contribution in [2.75, 3.05) is 13.1 Å². The highest BCUT2D eigenvalue weighted by atomic mass is 19.1. The second-order valence-electron chi connectivity index (χ2n) is 11.0. The highest BCUT2D eigenvalue weighted by Crippen LogP contribution is 2.49. The number of likely N-dealkylation sites (tertiary alicyclic amines) is 3. The van der Waals surface area contributed by atoms with Gasteiger partial charge in [-0.3, -0.25) is 14.5 Å². The summed E-state index contributed by atoms with van der Waals surface area (Å²) in [4.78, 5) is 32.7. The number of nitrogens with two attached hydrogens (primary N) is 1. The Morgan fingerprint density at radius 3 is 2.59 bits per heavy atom. The molecular weight excluding hydrogens is 433 g/mol. The Morgan fingerprint density at radius 2 is 1.91 bits per heavy atom. The average molecular weight is 466 g/mol. The molecule has 6 atom stereocenters. The van der Waals surface area contributed by atoms with E-state index in [1.54, 1.807) is 4.90 Å². The van der Waals surface area contributed by atoms with Crippen molar-refractivity contribution in [3.63, 3.8) is 0 Å². The number of fused-ring (bicyclic) bond motifs is 3. The highest BCUT2D eigenvalue weighted by molar-refractivity contribution is 5.87. The molecule has 1 unspecified atom stereocenters. The molecule has 1 aromatic rings. The largest absolute Gasteiger partial charge is 0.327 e. The van der Waals surface area contributed by atoms with Gasteiger partial charge >= 0.3 is 0 Å². The smallest absolute Gasteiger partial charge is 0.242 e. The van der Waals surface area contributed by atoms with Gasteiger partial charge in [0.25, 0.3) is 0 Å². The summed E-state index contributed by atoms with van der Waals surface area (Å²) in [6.07, 6.45) is 7.55. The molecule has 3 saturated heterocycles. The van der Waals surface area contributed by atoms with Gasteiger partial charge in [0.05, 0.1) is 23.7 Å². The maximum atomic E-state index is 13.7. The van der Waals surface area contributed by atoms with E-state index in [4.69, 9.17) is 5.73 Å². The Kier molecular flexibility index (Phi) is 5.19. The van der Waals surface area contributed by atoms with Crippen molar-refractivity contribution in [3.05, 3.63) is 35.6 Å². The molecule has 5 fully saturated rings. The summed E-state index contributed by atoms with van der Waals surface area (Å²) >= 11 is 0. The zero-order valence-electron chi connectivity index (χ0n) is 19.4. The number of halogens is 1. The predicted octanol–water partition coefficient (Wildman–Crippen LogP) is 2.11. The van der Waals surface area contributed by atoms with Crippen LogP contribution in [0.5, 0.6) is 0 Å². The first-order valence-corrected chi connectivity index (χ1v) is 12.7. The lowest BCUT2D eigenvalue weighted by Gasteiger charge is -2.50. The molecule has 6 rings (SSSR count). The van der Waals surface area contributed by atoms with E-state index in [1.165, 1.54) is 12.1 Å². The van der Waals surface area contributed by atoms with Gasteiger partial charge in [0.2, 0.25) is 11.8 Å². The number of piperazine rings is 1. The van der Waals surface area contributed by atoms with Gasteiger partial charge in [-0.05, 0) is 55.7 Å². The molecule has 2 bridgehead atoms. The summed E-state index contributed by atoms with van der Waals surface area (Å²) in [5, 5.41) is 9.43. The first-order valence-electron chi connectivity index (χ1n) is 12.7. The van der Waals surface area contributed by atoms with Gasteiger partial charge in [-0.1, -0.05) is 31.4 Å². The third-order valence-corrected chi connectivity index (χ3v) is 9.05. The van der Waals surface area contributed by atoms with Crippen molar-refractivity contribution in [1.29, 1.82) is 5.26 Å². The Labute approximate surface area is 199 Å². The van der Waals surface area contributed by atoms with Crippen LogP contribution >= 0.6 is 0 Å². The molecule has 3 heterocycles. The summed E-state index contributed by atoms with van der Waals surface area (Å²) in [6.45, 7) is 1.04. The van der Waals surface area contributed by atoms with Crippen LogP contribution < -0.4 is 5.73 Å². The van der Waals surface area contributed by atoms with E-state index >= 15 is 0 Å². The Bertz CT molecular complexity index is 1030. The van der Waals surface area contributed by atoms with E-state index < -0.39 is 6.04 Å². The maximum absolute atomic E-state index is 13.7. The number of carbonyl (C=O) groups is 2. The molecule has 2 N–H and O–H groups in total. The molecule has 0 aromatic heterocycles. The number of piperidine rings is 1. The van der Waals surface area contributed by atoms with Crippen molar-refractivity contribution in [3.8, 4) is 6.07 Å². The molecule has 1 aromatic carbocycles. The van der Waals surface area contributed by atoms with Crippen molar-refractivity contribution in [2.24, 2.45) is 11.7 Å². The van der Waals surface area contributed by atoms with Crippen molar-refractivity contribution in [2.45, 2.75) is 87.1 Å². The average Bonchev–Trinajstić information content (AvgIpc) is 3.17. The van der Waals surface area contributed by atoms with Gasteiger partial charge < -0.3 is 15.5 Å². The second-order valence-corrected chi connectivity index (χ2v) is 11.0. The minimum Gasteiger partial charge on any atom is -0.327 e. The highest BCUT2D eigenvalue weighted by Gasteiger charge is 2.58. The minimum absolute atomic E-state index is 0.0782. The molecule has 180 valence electrons. The van der Waals surface area contributed by atoms with Gasteiger partial charge in [0.15, 0.2) is 0 Å². The number of hydrogen-bond donors (Lipinski definition) is 1. The number of hydrogen-bond acceptors (Lipinski definition) is 5. The van der Waals surface area contributed by atoms with Gasteiger partial charge in [-0.25, -0.2) is 4.39 Å². The number of amides is 2. The lowest BCUT2D eigenvalue weighted by Crippen LogP contribution is -2.61. The van der Waals surface area contributed by atoms with E-state index in [9.17, 15) is 19.2 Å². The molecule has 7 nitrogen and oxygen atoms in total. The van der Waals surface area contributed by atoms with Crippen LogP contribution in [0.1, 0.15) is 56.9 Å². The van der Waals surface area contributed by atoms with Crippen molar-refractivity contribution < 1.29 is 14.0 Å². The van der Waals surface area contributed by atoms with Gasteiger partial charge in [0, 0.05) is 25.2 Å². The quantitative estimate of drug-likeness (QED) is 0.719. The molecular formula is C26H32FN5O2. The third-order valence-electron chi connectivity index (χ3n) is 9.05. The SMILES string of the molecule is N#C[C@@H]1C[C@@H]2C[C@@H]2N1C(=O)[C@@H](N)CN1CC2C[C@H]1C(=O)N2C1(c2ccc(F)cc2)CCCCC1. The van der Waals surface area contributed by atoms with Crippen LogP contribution in [0.4, 0.5) is 4.39 Å². The van der Waals surface area contributed by atoms with E-state index in [0.717, 1.165) is 56.9 Å². The Morgan fingerprint density at radius 1 is 1.18 bits per heavy atom. The van der Waals surface area contributed by atoms with Gasteiger partial charge in [0.1, 0.15) is 11.9 Å². The van der Waals surface area contributed by atoms with Crippen LogP contribution in [0.2, 0.25) is 0 Å². The molecule has 8 heteroatoms. The zero-order chi connectivity index (χ0) is 23.6. The standard InChI is InChI=1S/C26H32FN5O2/c27-18-6-4-17(5-7-18)26(8-2-1-3-9-26)32-20-12-23(25(32)34)30(14-20)15-21(29)24(33)31-19(13-28)10-16-11-22(16)31/h4-7,16,19-23H,1-3,8-12,14-15,29H2/t16-,19+,20?,21+,22+,23+/m1/s1. The normalized spacial score (nSPS) is 34.7. The summed E-state index contributed by atoms with van der Waals surface area (Å²) in [7, 11) is 0. The summed E-state index contributed by atoms with van der Waals surface area (Å²) in [5.41, 5.74) is 7.02. The molecule has 2 amide bonds. The van der Waals surface area contributed by atoms with Crippen molar-refractivity contribution in [1.82, 2.24) is 14.7 Å². The number of carbonyl (C=O) groups excluding carboxylic acids is 2. The molecule has 2 aliphatic carbocycles. The first kappa shape index (κ1) is 22.0. The van der Waals surface area contributed by atoms with E-state index in [-0.39, 0.29) is 47.3 Å². The van der Waals surface area contributed by atoms with Crippen LogP contribution in [-0.2, 0) is 15.1 Å². The van der Waals surface area contributed by atoms with Gasteiger partial charge in [-0.15, -0.1) is 0 Å². The van der Waals surface area contributed by atoms with E-state index in [2.05, 4.69) is 15.9 Å². The zero-order valence-corrected chi connectivity index (χ0v) is 19.4. The molecule has 0 radical (unpaired) electrons. The fourth-order valence-electron chi connectivity index (χ4n) is 7.40. The number of nitriles is 1. The van der Waals surface area contributed by atoms with Crippen LogP contribution in [0, 0.1) is 23.1 Å². The van der Waals surface area contributed by atoms with E-state index in [1.807, 2.05) is 12.1 Å². The van der Waals surface area contributed by atoms with E-state index in [0.29, 0.717) is 19.0 Å². The third kappa shape index (κ3) is 3.28. The summed E-state index contributed by atoms with van der Waals surface area (Å²) < 4.78 is 13.7. The molecule has 34 heavy (non-hydrogen) atoms. The van der Waals surface area contributed by atoms with Crippen molar-refractivity contribution >= 4 is 11.8 Å². The molecule has 3 aliphatic heterocycles. The Hall–Kier alpha value is -2.50. The van der Waals surface area contributed by atoms with Crippen LogP contribution in [0.25, 0.3) is 0 Å². The minimum atomic E-state index is -0.725. The van der Waals surface area contributed by atoms with Crippen LogP contribution in [-0.4, -0.2) is 69.8 Å². The summed E-state index contributed by atoms with van der Waals surface area (Å²) in [5.74, 6) is 0.152. The number of benzene rings is 1. The van der Waals surface area contributed by atoms with Crippen LogP contribution in [0.3, 0.4) is 0 Å². The van der Waals surface area contributed by atoms with Gasteiger partial charge in [-0.2, -0.15) is 5.26 Å². The predicted molar refractivity (Wildman–Crippen MR) is 123 cm³/mol. The second kappa shape index (κ2) is 8.03. The lowest BCUT2D eigenvalue weighted by molar-refractivity contribution is -0.147. The fourth-order valence-corrected chi connectivity index (χ4v) is 7.40. The maximum Gasteiger partial charge on any atom is 0.242 e. The number of rotatable bonds is 5. The lowest BCUT2D eigenvalue weighted by atomic mass is 9.74. The fraction of sp³-hybridized carbons (Fsp3) is 0.654. The summed E-state index contributed by atoms with van der Waals surface area (Å²) in [6, 6.07) is 7.85. The molecule has 2 saturated carbocycles. The monoisotopic (exact) mass is 465 g/mol. The molecule has 5 aliphatic rings. The molecule has 0 spiro atoms. The topological polar surface area (TPSA) is 93.7 Å². The first-order chi connectivity index (χ1) is 16.4. The van der Waals surface area contributed by atoms with Crippen LogP contribution in [0.15, 0.2) is 24.3 Å². The number of nitrogens with zero attached hydrogens (tertiary/aromatic N) is 4. The Balaban J connectivity index is 1.18.